The topological polar surface area (TPSA) is 64.9 Å². The second kappa shape index (κ2) is 7.28. The van der Waals surface area contributed by atoms with Gasteiger partial charge in [-0.1, -0.05) is 18.2 Å². The minimum Gasteiger partial charge on any atom is -0.381 e. The van der Waals surface area contributed by atoms with E-state index in [2.05, 4.69) is 20.8 Å². The molecule has 21 heavy (non-hydrogen) atoms. The van der Waals surface area contributed by atoms with Crippen molar-refractivity contribution in [1.29, 1.82) is 0 Å². The maximum atomic E-state index is 5.60. The Hall–Kier alpha value is -1.79. The van der Waals surface area contributed by atoms with Gasteiger partial charge in [-0.15, -0.1) is 5.10 Å². The summed E-state index contributed by atoms with van der Waals surface area (Å²) in [5.74, 6) is 1.66. The minimum absolute atomic E-state index is 0.657. The molecule has 0 amide bonds. The van der Waals surface area contributed by atoms with Crippen LogP contribution in [0.2, 0.25) is 0 Å². The van der Waals surface area contributed by atoms with Crippen LogP contribution in [0.5, 0.6) is 0 Å². The van der Waals surface area contributed by atoms with Crippen LogP contribution in [-0.4, -0.2) is 40.0 Å². The Labute approximate surface area is 124 Å². The van der Waals surface area contributed by atoms with Crippen molar-refractivity contribution in [3.63, 3.8) is 0 Å². The van der Waals surface area contributed by atoms with Crippen LogP contribution < -0.4 is 5.32 Å². The molecule has 1 aromatic carbocycles. The number of tetrazole rings is 1. The zero-order valence-electron chi connectivity index (χ0n) is 12.1. The molecule has 1 aliphatic carbocycles. The van der Waals surface area contributed by atoms with Crippen molar-refractivity contribution in [2.75, 3.05) is 19.8 Å². The first-order valence-corrected chi connectivity index (χ1v) is 7.54. The molecule has 3 rings (SSSR count). The van der Waals surface area contributed by atoms with Gasteiger partial charge in [0, 0.05) is 13.2 Å². The van der Waals surface area contributed by atoms with Crippen LogP contribution >= 0.6 is 0 Å². The molecule has 1 aliphatic rings. The Kier molecular flexibility index (Phi) is 4.91. The summed E-state index contributed by atoms with van der Waals surface area (Å²) in [7, 11) is 0. The van der Waals surface area contributed by atoms with Crippen LogP contribution in [0, 0.1) is 5.92 Å². The molecule has 0 atom stereocenters. The zero-order valence-corrected chi connectivity index (χ0v) is 12.1. The Morgan fingerprint density at radius 2 is 2.10 bits per heavy atom. The number of nitrogens with one attached hydrogen (secondary N) is 1. The van der Waals surface area contributed by atoms with Crippen molar-refractivity contribution < 1.29 is 4.74 Å². The van der Waals surface area contributed by atoms with Gasteiger partial charge in [0.25, 0.3) is 0 Å². The molecule has 6 nitrogen and oxygen atoms in total. The highest BCUT2D eigenvalue weighted by Crippen LogP contribution is 2.28. The van der Waals surface area contributed by atoms with Crippen molar-refractivity contribution in [3.05, 3.63) is 36.2 Å². The number of hydrogen-bond acceptors (Lipinski definition) is 5. The molecule has 112 valence electrons. The second-order valence-electron chi connectivity index (χ2n) is 5.39. The van der Waals surface area contributed by atoms with E-state index in [0.29, 0.717) is 6.54 Å². The molecular formula is C15H21N5O. The Balaban J connectivity index is 1.38. The normalized spacial score (nSPS) is 14.5. The number of benzene rings is 1. The summed E-state index contributed by atoms with van der Waals surface area (Å²) in [6, 6.07) is 9.92. The lowest BCUT2D eigenvalue weighted by Gasteiger charge is -2.06. The van der Waals surface area contributed by atoms with Crippen LogP contribution in [0.15, 0.2) is 30.3 Å². The molecule has 0 saturated heterocycles. The summed E-state index contributed by atoms with van der Waals surface area (Å²) in [4.78, 5) is 0. The van der Waals surface area contributed by atoms with Gasteiger partial charge in [-0.2, -0.15) is 4.68 Å². The molecule has 1 heterocycles. The molecule has 0 spiro atoms. The van der Waals surface area contributed by atoms with E-state index in [0.717, 1.165) is 43.6 Å². The maximum absolute atomic E-state index is 5.60. The summed E-state index contributed by atoms with van der Waals surface area (Å²) in [6.45, 7) is 3.33. The third kappa shape index (κ3) is 4.34. The number of rotatable bonds is 9. The largest absolute Gasteiger partial charge is 0.381 e. The van der Waals surface area contributed by atoms with Crippen LogP contribution in [0.3, 0.4) is 0 Å². The van der Waals surface area contributed by atoms with Gasteiger partial charge in [0.15, 0.2) is 5.82 Å². The van der Waals surface area contributed by atoms with Crippen LogP contribution in [-0.2, 0) is 11.3 Å². The monoisotopic (exact) mass is 287 g/mol. The highest BCUT2D eigenvalue weighted by atomic mass is 16.5. The molecule has 0 bridgehead atoms. The molecule has 1 aromatic heterocycles. The van der Waals surface area contributed by atoms with Crippen molar-refractivity contribution in [2.24, 2.45) is 5.92 Å². The van der Waals surface area contributed by atoms with Crippen LogP contribution in [0.4, 0.5) is 0 Å². The van der Waals surface area contributed by atoms with E-state index >= 15 is 0 Å². The van der Waals surface area contributed by atoms with E-state index in [1.807, 2.05) is 30.3 Å². The van der Waals surface area contributed by atoms with E-state index in [9.17, 15) is 0 Å². The molecule has 2 aromatic rings. The van der Waals surface area contributed by atoms with E-state index in [4.69, 9.17) is 4.74 Å². The molecule has 1 N–H and O–H groups in total. The van der Waals surface area contributed by atoms with Crippen molar-refractivity contribution >= 4 is 0 Å². The standard InChI is InChI=1S/C15H21N5O/c1-2-5-14(6-3-1)20-15(17-18-19-20)11-16-9-4-10-21-12-13-7-8-13/h1-3,5-6,13,16H,4,7-12H2. The molecular weight excluding hydrogens is 266 g/mol. The molecule has 6 heteroatoms. The molecule has 0 aliphatic heterocycles. The fourth-order valence-corrected chi connectivity index (χ4v) is 2.12. The highest BCUT2D eigenvalue weighted by molar-refractivity contribution is 5.30. The smallest absolute Gasteiger partial charge is 0.170 e. The van der Waals surface area contributed by atoms with Gasteiger partial charge < -0.3 is 10.1 Å². The third-order valence-corrected chi connectivity index (χ3v) is 3.51. The molecule has 1 fully saturated rings. The van der Waals surface area contributed by atoms with Gasteiger partial charge in [0.05, 0.1) is 12.2 Å². The number of aromatic nitrogens is 4. The summed E-state index contributed by atoms with van der Waals surface area (Å²) in [5.41, 5.74) is 0.979. The van der Waals surface area contributed by atoms with Gasteiger partial charge in [-0.3, -0.25) is 0 Å². The highest BCUT2D eigenvalue weighted by Gasteiger charge is 2.20. The first-order valence-electron chi connectivity index (χ1n) is 7.54. The average molecular weight is 287 g/mol. The lowest BCUT2D eigenvalue weighted by Crippen LogP contribution is -2.19. The second-order valence-corrected chi connectivity index (χ2v) is 5.39. The zero-order chi connectivity index (χ0) is 14.3. The average Bonchev–Trinajstić information content (AvgIpc) is 3.23. The van der Waals surface area contributed by atoms with Crippen LogP contribution in [0.25, 0.3) is 5.69 Å². The SMILES string of the molecule is c1ccc(-n2nnnc2CNCCCOCC2CC2)cc1. The first kappa shape index (κ1) is 14.2. The van der Waals surface area contributed by atoms with E-state index in [1.165, 1.54) is 12.8 Å². The van der Waals surface area contributed by atoms with Gasteiger partial charge in [-0.25, -0.2) is 0 Å². The minimum atomic E-state index is 0.657. The quantitative estimate of drug-likeness (QED) is 0.709. The van der Waals surface area contributed by atoms with Crippen molar-refractivity contribution in [2.45, 2.75) is 25.8 Å². The van der Waals surface area contributed by atoms with Gasteiger partial charge >= 0.3 is 0 Å². The fourth-order valence-electron chi connectivity index (χ4n) is 2.12. The summed E-state index contributed by atoms with van der Waals surface area (Å²) < 4.78 is 7.36. The summed E-state index contributed by atoms with van der Waals surface area (Å²) in [5, 5.41) is 15.2. The maximum Gasteiger partial charge on any atom is 0.170 e. The Morgan fingerprint density at radius 1 is 1.24 bits per heavy atom. The van der Waals surface area contributed by atoms with Gasteiger partial charge in [0.2, 0.25) is 0 Å². The predicted octanol–water partition coefficient (Wildman–Crippen LogP) is 1.57. The summed E-state index contributed by atoms with van der Waals surface area (Å²) in [6.07, 6.45) is 3.71. The number of nitrogens with zero attached hydrogens (tertiary/aromatic N) is 4. The van der Waals surface area contributed by atoms with Crippen molar-refractivity contribution in [3.8, 4) is 5.69 Å². The van der Waals surface area contributed by atoms with Gasteiger partial charge in [0.1, 0.15) is 0 Å². The molecule has 0 unspecified atom stereocenters. The lowest BCUT2D eigenvalue weighted by atomic mass is 10.3. The van der Waals surface area contributed by atoms with E-state index in [-0.39, 0.29) is 0 Å². The van der Waals surface area contributed by atoms with Crippen LogP contribution in [0.1, 0.15) is 25.1 Å². The van der Waals surface area contributed by atoms with Gasteiger partial charge in [-0.05, 0) is 54.3 Å². The lowest BCUT2D eigenvalue weighted by molar-refractivity contribution is 0.122. The number of para-hydroxylation sites is 1. The number of hydrogen-bond donors (Lipinski definition) is 1. The molecule has 1 saturated carbocycles. The predicted molar refractivity (Wildman–Crippen MR) is 79.0 cm³/mol. The Morgan fingerprint density at radius 3 is 2.90 bits per heavy atom. The molecule has 0 radical (unpaired) electrons. The number of ether oxygens (including phenoxy) is 1. The van der Waals surface area contributed by atoms with E-state index in [1.54, 1.807) is 4.68 Å². The van der Waals surface area contributed by atoms with E-state index < -0.39 is 0 Å². The fraction of sp³-hybridized carbons (Fsp3) is 0.533. The third-order valence-electron chi connectivity index (χ3n) is 3.51. The van der Waals surface area contributed by atoms with Crippen molar-refractivity contribution in [1.82, 2.24) is 25.5 Å². The summed E-state index contributed by atoms with van der Waals surface area (Å²) >= 11 is 0. The first-order chi connectivity index (χ1) is 10.4. The Bertz CT molecular complexity index is 538.